The third-order valence-corrected chi connectivity index (χ3v) is 6.39. The quantitative estimate of drug-likeness (QED) is 0.867. The van der Waals surface area contributed by atoms with Gasteiger partial charge in [-0.05, 0) is 43.5 Å². The van der Waals surface area contributed by atoms with Crippen LogP contribution in [-0.4, -0.2) is 25.2 Å². The van der Waals surface area contributed by atoms with Crippen molar-refractivity contribution in [2.45, 2.75) is 36.1 Å². The van der Waals surface area contributed by atoms with Gasteiger partial charge in [-0.25, -0.2) is 8.42 Å². The zero-order chi connectivity index (χ0) is 15.4. The molecule has 3 nitrogen and oxygen atoms in total. The van der Waals surface area contributed by atoms with Crippen molar-refractivity contribution in [1.29, 1.82) is 0 Å². The summed E-state index contributed by atoms with van der Waals surface area (Å²) >= 11 is 0. The first-order valence-corrected chi connectivity index (χ1v) is 9.29. The van der Waals surface area contributed by atoms with Crippen LogP contribution in [0.4, 0.5) is 0 Å². The van der Waals surface area contributed by atoms with Crippen LogP contribution < -0.4 is 0 Å². The van der Waals surface area contributed by atoms with Crippen LogP contribution >= 0.6 is 0 Å². The molecule has 1 unspecified atom stereocenters. The minimum atomic E-state index is -3.31. The predicted molar refractivity (Wildman–Crippen MR) is 88.1 cm³/mol. The average Bonchev–Trinajstić information content (AvgIpc) is 2.57. The maximum Gasteiger partial charge on any atom is 0.194 e. The summed E-state index contributed by atoms with van der Waals surface area (Å²) < 4.78 is 25.9. The molecule has 0 bridgehead atoms. The first kappa shape index (κ1) is 15.3. The molecular formula is C18H21NO2S. The minimum Gasteiger partial charge on any atom is -0.283 e. The lowest BCUT2D eigenvalue weighted by molar-refractivity contribution is 0.190. The Hall–Kier alpha value is -1.65. The van der Waals surface area contributed by atoms with Gasteiger partial charge in [-0.15, -0.1) is 0 Å². The van der Waals surface area contributed by atoms with Crippen molar-refractivity contribution in [1.82, 2.24) is 4.90 Å². The summed E-state index contributed by atoms with van der Waals surface area (Å²) in [6.45, 7) is 1.53. The zero-order valence-corrected chi connectivity index (χ0v) is 13.4. The number of hydrogen-bond donors (Lipinski definition) is 0. The highest BCUT2D eigenvalue weighted by molar-refractivity contribution is 7.92. The smallest absolute Gasteiger partial charge is 0.194 e. The van der Waals surface area contributed by atoms with Crippen LogP contribution in [-0.2, 0) is 16.4 Å². The number of nitrogens with zero attached hydrogens (tertiary/aromatic N) is 1. The van der Waals surface area contributed by atoms with Crippen LogP contribution in [0.25, 0.3) is 0 Å². The molecule has 0 aliphatic carbocycles. The second-order valence-corrected chi connectivity index (χ2v) is 7.87. The van der Waals surface area contributed by atoms with E-state index in [0.717, 1.165) is 24.9 Å². The number of likely N-dealkylation sites (tertiary alicyclic amines) is 1. The van der Waals surface area contributed by atoms with Gasteiger partial charge >= 0.3 is 0 Å². The molecule has 1 atom stereocenters. The maximum atomic E-state index is 12.9. The Kier molecular flexibility index (Phi) is 4.60. The minimum absolute atomic E-state index is 0.413. The van der Waals surface area contributed by atoms with E-state index in [4.69, 9.17) is 0 Å². The van der Waals surface area contributed by atoms with Gasteiger partial charge in [0.05, 0.1) is 4.90 Å². The third kappa shape index (κ3) is 3.23. The molecule has 1 aliphatic heterocycles. The van der Waals surface area contributed by atoms with E-state index in [2.05, 4.69) is 17.0 Å². The molecule has 0 spiro atoms. The Morgan fingerprint density at radius 2 is 1.55 bits per heavy atom. The van der Waals surface area contributed by atoms with Crippen LogP contribution in [0.1, 0.15) is 24.8 Å². The summed E-state index contributed by atoms with van der Waals surface area (Å²) in [4.78, 5) is 2.54. The molecule has 3 rings (SSSR count). The van der Waals surface area contributed by atoms with Crippen molar-refractivity contribution < 1.29 is 8.42 Å². The highest BCUT2D eigenvalue weighted by atomic mass is 32.2. The van der Waals surface area contributed by atoms with Crippen molar-refractivity contribution in [3.63, 3.8) is 0 Å². The molecule has 0 radical (unpaired) electrons. The van der Waals surface area contributed by atoms with E-state index in [1.807, 2.05) is 24.3 Å². The normalized spacial score (nSPS) is 19.9. The lowest BCUT2D eigenvalue weighted by Crippen LogP contribution is -2.44. The number of benzene rings is 2. The summed E-state index contributed by atoms with van der Waals surface area (Å²) in [7, 11) is -3.31. The number of hydrogen-bond acceptors (Lipinski definition) is 3. The third-order valence-electron chi connectivity index (χ3n) is 4.21. The van der Waals surface area contributed by atoms with Gasteiger partial charge in [0.2, 0.25) is 0 Å². The van der Waals surface area contributed by atoms with Crippen molar-refractivity contribution in [3.8, 4) is 0 Å². The number of rotatable bonds is 4. The average molecular weight is 315 g/mol. The summed E-state index contributed by atoms with van der Waals surface area (Å²) in [5.74, 6) is 0. The van der Waals surface area contributed by atoms with Crippen LogP contribution in [0.2, 0.25) is 0 Å². The standard InChI is InChI=1S/C18H21NO2S/c20-22(21,17-11-5-2-6-12-17)18-13-7-8-14-19(18)15-16-9-3-1-4-10-16/h1-6,9-12,18H,7-8,13-15H2. The highest BCUT2D eigenvalue weighted by Gasteiger charge is 2.34. The summed E-state index contributed by atoms with van der Waals surface area (Å²) in [6.07, 6.45) is 2.75. The lowest BCUT2D eigenvalue weighted by Gasteiger charge is -2.35. The van der Waals surface area contributed by atoms with Crippen molar-refractivity contribution >= 4 is 9.84 Å². The van der Waals surface area contributed by atoms with E-state index >= 15 is 0 Å². The largest absolute Gasteiger partial charge is 0.283 e. The molecule has 116 valence electrons. The fourth-order valence-electron chi connectivity index (χ4n) is 3.08. The fourth-order valence-corrected chi connectivity index (χ4v) is 4.98. The molecule has 1 aliphatic rings. The lowest BCUT2D eigenvalue weighted by atomic mass is 10.1. The van der Waals surface area contributed by atoms with Crippen LogP contribution in [0.3, 0.4) is 0 Å². The number of piperidine rings is 1. The monoisotopic (exact) mass is 315 g/mol. The summed E-state index contributed by atoms with van der Waals surface area (Å²) in [5, 5.41) is -0.413. The van der Waals surface area contributed by atoms with E-state index in [1.165, 1.54) is 0 Å². The van der Waals surface area contributed by atoms with E-state index in [1.54, 1.807) is 24.3 Å². The molecule has 0 saturated carbocycles. The Labute approximate surface area is 132 Å². The van der Waals surface area contributed by atoms with Gasteiger partial charge in [0.1, 0.15) is 5.37 Å². The molecule has 2 aromatic rings. The fraction of sp³-hybridized carbons (Fsp3) is 0.333. The Bertz CT molecular complexity index is 698. The number of sulfone groups is 1. The predicted octanol–water partition coefficient (Wildman–Crippen LogP) is 3.47. The van der Waals surface area contributed by atoms with Crippen LogP contribution in [0, 0.1) is 0 Å². The Balaban J connectivity index is 1.86. The maximum absolute atomic E-state index is 12.9. The van der Waals surface area contributed by atoms with E-state index in [0.29, 0.717) is 17.9 Å². The van der Waals surface area contributed by atoms with Gasteiger partial charge in [0.15, 0.2) is 9.84 Å². The topological polar surface area (TPSA) is 37.4 Å². The first-order chi connectivity index (χ1) is 10.7. The zero-order valence-electron chi connectivity index (χ0n) is 12.6. The van der Waals surface area contributed by atoms with Gasteiger partial charge in [0, 0.05) is 6.54 Å². The van der Waals surface area contributed by atoms with E-state index < -0.39 is 15.2 Å². The van der Waals surface area contributed by atoms with Gasteiger partial charge in [0.25, 0.3) is 0 Å². The molecule has 2 aromatic carbocycles. The molecule has 22 heavy (non-hydrogen) atoms. The van der Waals surface area contributed by atoms with Crippen molar-refractivity contribution in [2.75, 3.05) is 6.54 Å². The van der Waals surface area contributed by atoms with Gasteiger partial charge in [-0.1, -0.05) is 48.5 Å². The Morgan fingerprint density at radius 1 is 0.909 bits per heavy atom. The summed E-state index contributed by atoms with van der Waals surface area (Å²) in [5.41, 5.74) is 1.16. The molecule has 1 saturated heterocycles. The first-order valence-electron chi connectivity index (χ1n) is 7.75. The molecule has 4 heteroatoms. The van der Waals surface area contributed by atoms with Crippen molar-refractivity contribution in [3.05, 3.63) is 66.2 Å². The molecule has 1 fully saturated rings. The highest BCUT2D eigenvalue weighted by Crippen LogP contribution is 2.28. The second-order valence-electron chi connectivity index (χ2n) is 5.76. The molecule has 0 aromatic heterocycles. The molecule has 0 amide bonds. The van der Waals surface area contributed by atoms with Gasteiger partial charge in [-0.3, -0.25) is 4.90 Å². The molecule has 0 N–H and O–H groups in total. The van der Waals surface area contributed by atoms with Gasteiger partial charge in [-0.2, -0.15) is 0 Å². The second kappa shape index (κ2) is 6.63. The molecule has 1 heterocycles. The SMILES string of the molecule is O=S(=O)(c1ccccc1)C1CCCCN1Cc1ccccc1. The van der Waals surface area contributed by atoms with E-state index in [9.17, 15) is 8.42 Å². The Morgan fingerprint density at radius 3 is 2.23 bits per heavy atom. The van der Waals surface area contributed by atoms with Crippen molar-refractivity contribution in [2.24, 2.45) is 0 Å². The van der Waals surface area contributed by atoms with Crippen LogP contribution in [0.5, 0.6) is 0 Å². The van der Waals surface area contributed by atoms with E-state index in [-0.39, 0.29) is 0 Å². The summed E-state index contributed by atoms with van der Waals surface area (Å²) in [6, 6.07) is 18.9. The van der Waals surface area contributed by atoms with Crippen LogP contribution in [0.15, 0.2) is 65.6 Å². The molecular weight excluding hydrogens is 294 g/mol. The van der Waals surface area contributed by atoms with Gasteiger partial charge < -0.3 is 0 Å².